The number of aryl methyl sites for hydroxylation is 2. The molecule has 0 fully saturated rings. The van der Waals surface area contributed by atoms with Gasteiger partial charge in [0.05, 0.1) is 12.2 Å². The second kappa shape index (κ2) is 8.08. The average Bonchev–Trinajstić information content (AvgIpc) is 3.16. The highest BCUT2D eigenvalue weighted by molar-refractivity contribution is 7.99. The number of nitrogens with one attached hydrogen (secondary N) is 2. The van der Waals surface area contributed by atoms with Crippen LogP contribution in [0.3, 0.4) is 0 Å². The van der Waals surface area contributed by atoms with Gasteiger partial charge in [-0.05, 0) is 31.4 Å². The number of para-hydroxylation sites is 1. The third-order valence-electron chi connectivity index (χ3n) is 4.76. The molecule has 0 atom stereocenters. The smallest absolute Gasteiger partial charge is 0.325 e. The van der Waals surface area contributed by atoms with Crippen molar-refractivity contribution in [2.75, 3.05) is 17.2 Å². The Morgan fingerprint density at radius 1 is 1.24 bits per heavy atom. The average molecular weight is 413 g/mol. The molecular weight excluding hydrogens is 394 g/mol. The van der Waals surface area contributed by atoms with Crippen molar-refractivity contribution < 1.29 is 9.21 Å². The van der Waals surface area contributed by atoms with Crippen molar-refractivity contribution in [1.29, 1.82) is 0 Å². The molecule has 3 aromatic rings. The normalized spacial score (nSPS) is 13.3. The molecule has 150 valence electrons. The van der Waals surface area contributed by atoms with E-state index in [4.69, 9.17) is 4.42 Å². The molecule has 4 rings (SSSR count). The van der Waals surface area contributed by atoms with Gasteiger partial charge < -0.3 is 14.3 Å². The summed E-state index contributed by atoms with van der Waals surface area (Å²) in [5.74, 6) is 0.396. The molecule has 29 heavy (non-hydrogen) atoms. The Kier molecular flexibility index (Phi) is 5.34. The fourth-order valence-corrected chi connectivity index (χ4v) is 4.01. The zero-order chi connectivity index (χ0) is 20.4. The number of amides is 1. The Morgan fingerprint density at radius 3 is 2.90 bits per heavy atom. The summed E-state index contributed by atoms with van der Waals surface area (Å²) < 4.78 is 5.56. The number of hydrogen-bond donors (Lipinski definition) is 2. The van der Waals surface area contributed by atoms with E-state index in [0.29, 0.717) is 17.8 Å². The molecule has 0 spiro atoms. The predicted octanol–water partition coefficient (Wildman–Crippen LogP) is 1.42. The quantitative estimate of drug-likeness (QED) is 0.606. The Hall–Kier alpha value is -3.14. The summed E-state index contributed by atoms with van der Waals surface area (Å²) in [6.45, 7) is 2.33. The first kappa shape index (κ1) is 19.2. The van der Waals surface area contributed by atoms with Gasteiger partial charge >= 0.3 is 5.69 Å². The molecule has 1 amide bonds. The summed E-state index contributed by atoms with van der Waals surface area (Å²) in [6.07, 6.45) is 2.01. The van der Waals surface area contributed by atoms with Crippen molar-refractivity contribution in [1.82, 2.24) is 20.2 Å². The van der Waals surface area contributed by atoms with E-state index in [1.165, 1.54) is 5.56 Å². The molecule has 1 aliphatic rings. The van der Waals surface area contributed by atoms with Gasteiger partial charge in [0.2, 0.25) is 11.8 Å². The molecule has 2 N–H and O–H groups in total. The van der Waals surface area contributed by atoms with Gasteiger partial charge in [0.1, 0.15) is 0 Å². The Balaban J connectivity index is 1.41. The van der Waals surface area contributed by atoms with Gasteiger partial charge in [-0.2, -0.15) is 0 Å². The number of thioether (sulfide) groups is 1. The standard InChI is InChI=1S/C19H19N5O4S/c1-11-13(17(26)21-18(27)20-11)9-15-22-23-19(28-15)29-10-16(25)24-8-4-6-12-5-2-3-7-14(12)24/h2-3,5,7H,4,6,8-10H2,1H3,(H2,20,21,26,27). The summed E-state index contributed by atoms with van der Waals surface area (Å²) in [6, 6.07) is 7.93. The molecule has 10 heteroatoms. The number of carbonyl (C=O) groups is 1. The highest BCUT2D eigenvalue weighted by atomic mass is 32.2. The number of nitrogens with zero attached hydrogens (tertiary/aromatic N) is 3. The maximum atomic E-state index is 12.7. The molecule has 1 aromatic carbocycles. The summed E-state index contributed by atoms with van der Waals surface area (Å²) >= 11 is 1.16. The Labute approximate surface area is 169 Å². The summed E-state index contributed by atoms with van der Waals surface area (Å²) in [7, 11) is 0. The number of carbonyl (C=O) groups excluding carboxylic acids is 1. The number of aromatic nitrogens is 4. The van der Waals surface area contributed by atoms with Crippen molar-refractivity contribution in [2.24, 2.45) is 0 Å². The van der Waals surface area contributed by atoms with Crippen LogP contribution < -0.4 is 16.1 Å². The van der Waals surface area contributed by atoms with Crippen LogP contribution in [0.15, 0.2) is 43.5 Å². The summed E-state index contributed by atoms with van der Waals surface area (Å²) in [5, 5.41) is 8.14. The number of hydrogen-bond acceptors (Lipinski definition) is 7. The maximum Gasteiger partial charge on any atom is 0.325 e. The van der Waals surface area contributed by atoms with Gasteiger partial charge in [-0.1, -0.05) is 30.0 Å². The van der Waals surface area contributed by atoms with Crippen LogP contribution in [0.5, 0.6) is 0 Å². The molecule has 2 aromatic heterocycles. The first-order chi connectivity index (χ1) is 14.0. The fraction of sp³-hybridized carbons (Fsp3) is 0.316. The highest BCUT2D eigenvalue weighted by Gasteiger charge is 2.23. The van der Waals surface area contributed by atoms with Gasteiger partial charge in [-0.3, -0.25) is 14.6 Å². The van der Waals surface area contributed by atoms with Crippen LogP contribution in [0.4, 0.5) is 5.69 Å². The highest BCUT2D eigenvalue weighted by Crippen LogP contribution is 2.28. The lowest BCUT2D eigenvalue weighted by Crippen LogP contribution is -2.36. The van der Waals surface area contributed by atoms with E-state index in [1.807, 2.05) is 24.3 Å². The van der Waals surface area contributed by atoms with Crippen molar-refractivity contribution in [3.05, 3.63) is 67.8 Å². The number of aromatic amines is 2. The largest absolute Gasteiger partial charge is 0.416 e. The lowest BCUT2D eigenvalue weighted by Gasteiger charge is -2.29. The number of rotatable bonds is 5. The number of benzene rings is 1. The molecule has 0 saturated heterocycles. The molecule has 0 saturated carbocycles. The van der Waals surface area contributed by atoms with Gasteiger partial charge in [0, 0.05) is 23.5 Å². The van der Waals surface area contributed by atoms with Gasteiger partial charge in [0.15, 0.2) is 0 Å². The van der Waals surface area contributed by atoms with Crippen molar-refractivity contribution >= 4 is 23.4 Å². The SMILES string of the molecule is Cc1[nH]c(=O)[nH]c(=O)c1Cc1nnc(SCC(=O)N2CCCc3ccccc32)o1. The van der Waals surface area contributed by atoms with E-state index in [0.717, 1.165) is 30.3 Å². The zero-order valence-electron chi connectivity index (χ0n) is 15.7. The number of fused-ring (bicyclic) bond motifs is 1. The molecule has 0 aliphatic carbocycles. The van der Waals surface area contributed by atoms with Crippen LogP contribution in [-0.2, 0) is 17.6 Å². The van der Waals surface area contributed by atoms with Gasteiger partial charge in [0.25, 0.3) is 10.8 Å². The second-order valence-corrected chi connectivity index (χ2v) is 7.64. The van der Waals surface area contributed by atoms with Crippen molar-refractivity contribution in [3.63, 3.8) is 0 Å². The molecule has 3 heterocycles. The minimum atomic E-state index is -0.559. The first-order valence-corrected chi connectivity index (χ1v) is 10.2. The van der Waals surface area contributed by atoms with E-state index in [1.54, 1.807) is 11.8 Å². The van der Waals surface area contributed by atoms with E-state index in [2.05, 4.69) is 20.2 Å². The summed E-state index contributed by atoms with van der Waals surface area (Å²) in [4.78, 5) is 42.4. The Bertz CT molecular complexity index is 1170. The van der Waals surface area contributed by atoms with Crippen LogP contribution in [0, 0.1) is 6.92 Å². The lowest BCUT2D eigenvalue weighted by atomic mass is 10.0. The van der Waals surface area contributed by atoms with Crippen molar-refractivity contribution in [2.45, 2.75) is 31.4 Å². The van der Waals surface area contributed by atoms with E-state index >= 15 is 0 Å². The molecule has 0 unspecified atom stereocenters. The zero-order valence-corrected chi connectivity index (χ0v) is 16.5. The van der Waals surface area contributed by atoms with Crippen molar-refractivity contribution in [3.8, 4) is 0 Å². The van der Waals surface area contributed by atoms with Crippen LogP contribution in [0.1, 0.15) is 29.1 Å². The van der Waals surface area contributed by atoms with Crippen LogP contribution in [0.25, 0.3) is 0 Å². The molecule has 0 radical (unpaired) electrons. The van der Waals surface area contributed by atoms with Gasteiger partial charge in [-0.25, -0.2) is 4.79 Å². The minimum absolute atomic E-state index is 0.0187. The third kappa shape index (κ3) is 4.16. The van der Waals surface area contributed by atoms with E-state index in [-0.39, 0.29) is 29.2 Å². The van der Waals surface area contributed by atoms with Crippen LogP contribution >= 0.6 is 11.8 Å². The monoisotopic (exact) mass is 413 g/mol. The number of H-pyrrole nitrogens is 2. The third-order valence-corrected chi connectivity index (χ3v) is 5.56. The van der Waals surface area contributed by atoms with E-state index < -0.39 is 11.2 Å². The molecule has 0 bridgehead atoms. The fourth-order valence-electron chi connectivity index (χ4n) is 3.35. The van der Waals surface area contributed by atoms with E-state index in [9.17, 15) is 14.4 Å². The lowest BCUT2D eigenvalue weighted by molar-refractivity contribution is -0.116. The molecule has 1 aliphatic heterocycles. The topological polar surface area (TPSA) is 125 Å². The summed E-state index contributed by atoms with van der Waals surface area (Å²) in [5.41, 5.74) is 1.89. The van der Waals surface area contributed by atoms with Crippen LogP contribution in [-0.4, -0.2) is 38.4 Å². The molecular formula is C19H19N5O4S. The maximum absolute atomic E-state index is 12.7. The Morgan fingerprint density at radius 2 is 2.07 bits per heavy atom. The van der Waals surface area contributed by atoms with Gasteiger partial charge in [-0.15, -0.1) is 10.2 Å². The van der Waals surface area contributed by atoms with Crippen LogP contribution in [0.2, 0.25) is 0 Å². The number of anilines is 1. The minimum Gasteiger partial charge on any atom is -0.416 e. The molecule has 9 nitrogen and oxygen atoms in total. The predicted molar refractivity (Wildman–Crippen MR) is 107 cm³/mol. The second-order valence-electron chi connectivity index (χ2n) is 6.72. The first-order valence-electron chi connectivity index (χ1n) is 9.17.